The molecule has 1 aliphatic heterocycles. The molecular weight excluding hydrogens is 230 g/mol. The smallest absolute Gasteiger partial charge is 0.231 e. The molecule has 0 spiro atoms. The van der Waals surface area contributed by atoms with E-state index in [-0.39, 0.29) is 18.1 Å². The fraction of sp³-hybridized carbons (Fsp3) is 0.571. The Labute approximate surface area is 108 Å². The predicted molar refractivity (Wildman–Crippen MR) is 69.8 cm³/mol. The molecule has 0 amide bonds. The van der Waals surface area contributed by atoms with Crippen LogP contribution in [0.3, 0.4) is 0 Å². The van der Waals surface area contributed by atoms with Gasteiger partial charge in [-0.3, -0.25) is 0 Å². The number of nitrogens with one attached hydrogen (secondary N) is 1. The predicted octanol–water partition coefficient (Wildman–Crippen LogP) is 2.08. The third kappa shape index (κ3) is 2.94. The van der Waals surface area contributed by atoms with Crippen LogP contribution >= 0.6 is 0 Å². The SMILES string of the molecule is CC(NCC(C)(C)CO)c1ccc2c(c1)OCO2. The van der Waals surface area contributed by atoms with Crippen LogP contribution in [0.1, 0.15) is 32.4 Å². The monoisotopic (exact) mass is 251 g/mol. The third-order valence-corrected chi connectivity index (χ3v) is 3.21. The Hall–Kier alpha value is -1.26. The lowest BCUT2D eigenvalue weighted by Crippen LogP contribution is -2.33. The van der Waals surface area contributed by atoms with Crippen LogP contribution in [0, 0.1) is 5.41 Å². The Bertz CT molecular complexity index is 418. The summed E-state index contributed by atoms with van der Waals surface area (Å²) >= 11 is 0. The lowest BCUT2D eigenvalue weighted by Gasteiger charge is -2.25. The average Bonchev–Trinajstić information content (AvgIpc) is 2.83. The summed E-state index contributed by atoms with van der Waals surface area (Å²) < 4.78 is 10.7. The first kappa shape index (κ1) is 13.2. The zero-order chi connectivity index (χ0) is 13.2. The van der Waals surface area contributed by atoms with Crippen LogP contribution in [0.25, 0.3) is 0 Å². The number of fused-ring (bicyclic) bond motifs is 1. The van der Waals surface area contributed by atoms with E-state index in [4.69, 9.17) is 9.47 Å². The summed E-state index contributed by atoms with van der Waals surface area (Å²) in [6, 6.07) is 6.20. The molecule has 0 aromatic heterocycles. The highest BCUT2D eigenvalue weighted by molar-refractivity contribution is 5.45. The van der Waals surface area contributed by atoms with Crippen LogP contribution in [-0.4, -0.2) is 25.1 Å². The van der Waals surface area contributed by atoms with Crippen LogP contribution < -0.4 is 14.8 Å². The van der Waals surface area contributed by atoms with Gasteiger partial charge in [0.2, 0.25) is 6.79 Å². The molecular formula is C14H21NO3. The fourth-order valence-corrected chi connectivity index (χ4v) is 1.79. The van der Waals surface area contributed by atoms with Crippen molar-refractivity contribution in [3.8, 4) is 11.5 Å². The van der Waals surface area contributed by atoms with Gasteiger partial charge in [0.25, 0.3) is 0 Å². The van der Waals surface area contributed by atoms with Crippen molar-refractivity contribution >= 4 is 0 Å². The number of benzene rings is 1. The molecule has 1 unspecified atom stereocenters. The van der Waals surface area contributed by atoms with Crippen molar-refractivity contribution < 1.29 is 14.6 Å². The number of aliphatic hydroxyl groups excluding tert-OH is 1. The third-order valence-electron chi connectivity index (χ3n) is 3.21. The topological polar surface area (TPSA) is 50.7 Å². The standard InChI is InChI=1S/C14H21NO3/c1-10(15-7-14(2,3)8-16)11-4-5-12-13(6-11)18-9-17-12/h4-6,10,15-16H,7-9H2,1-3H3. The van der Waals surface area contributed by atoms with Gasteiger partial charge >= 0.3 is 0 Å². The summed E-state index contributed by atoms with van der Waals surface area (Å²) in [6.45, 7) is 7.41. The van der Waals surface area contributed by atoms with Gasteiger partial charge in [-0.2, -0.15) is 0 Å². The number of hydrogen-bond acceptors (Lipinski definition) is 4. The van der Waals surface area contributed by atoms with Crippen LogP contribution in [0.4, 0.5) is 0 Å². The molecule has 0 radical (unpaired) electrons. The Balaban J connectivity index is 1.99. The zero-order valence-corrected chi connectivity index (χ0v) is 11.2. The molecule has 1 heterocycles. The summed E-state index contributed by atoms with van der Waals surface area (Å²) in [5.41, 5.74) is 1.05. The highest BCUT2D eigenvalue weighted by Crippen LogP contribution is 2.34. The molecule has 100 valence electrons. The van der Waals surface area contributed by atoms with Gasteiger partial charge < -0.3 is 19.9 Å². The maximum absolute atomic E-state index is 9.23. The minimum absolute atomic E-state index is 0.107. The zero-order valence-electron chi connectivity index (χ0n) is 11.2. The normalized spacial score (nSPS) is 15.8. The van der Waals surface area contributed by atoms with Gasteiger partial charge in [-0.15, -0.1) is 0 Å². The summed E-state index contributed by atoms with van der Waals surface area (Å²) in [5.74, 6) is 1.62. The second-order valence-electron chi connectivity index (χ2n) is 5.54. The first-order valence-electron chi connectivity index (χ1n) is 6.26. The summed E-state index contributed by atoms with van der Waals surface area (Å²) in [5, 5.41) is 12.7. The van der Waals surface area contributed by atoms with E-state index in [1.54, 1.807) is 0 Å². The van der Waals surface area contributed by atoms with Crippen LogP contribution in [0.15, 0.2) is 18.2 Å². The Kier molecular flexibility index (Phi) is 3.78. The van der Waals surface area contributed by atoms with Gasteiger partial charge in [-0.25, -0.2) is 0 Å². The van der Waals surface area contributed by atoms with Crippen molar-refractivity contribution in [1.29, 1.82) is 0 Å². The van der Waals surface area contributed by atoms with E-state index >= 15 is 0 Å². The molecule has 2 rings (SSSR count). The van der Waals surface area contributed by atoms with Crippen LogP contribution in [0.2, 0.25) is 0 Å². The second-order valence-corrected chi connectivity index (χ2v) is 5.54. The molecule has 0 fully saturated rings. The van der Waals surface area contributed by atoms with Crippen LogP contribution in [0.5, 0.6) is 11.5 Å². The van der Waals surface area contributed by atoms with Gasteiger partial charge in [-0.1, -0.05) is 19.9 Å². The maximum Gasteiger partial charge on any atom is 0.231 e. The summed E-state index contributed by atoms with van der Waals surface area (Å²) in [6.07, 6.45) is 0. The Morgan fingerprint density at radius 1 is 1.33 bits per heavy atom. The van der Waals surface area contributed by atoms with Crippen molar-refractivity contribution in [1.82, 2.24) is 5.32 Å². The van der Waals surface area contributed by atoms with E-state index < -0.39 is 0 Å². The van der Waals surface area contributed by atoms with Gasteiger partial charge in [0.1, 0.15) is 0 Å². The van der Waals surface area contributed by atoms with Gasteiger partial charge in [0.15, 0.2) is 11.5 Å². The highest BCUT2D eigenvalue weighted by atomic mass is 16.7. The Morgan fingerprint density at radius 2 is 2.06 bits per heavy atom. The van der Waals surface area contributed by atoms with E-state index in [1.165, 1.54) is 0 Å². The molecule has 4 heteroatoms. The minimum Gasteiger partial charge on any atom is -0.454 e. The largest absolute Gasteiger partial charge is 0.454 e. The van der Waals surface area contributed by atoms with E-state index in [2.05, 4.69) is 12.2 Å². The molecule has 1 aromatic rings. The van der Waals surface area contributed by atoms with Crippen molar-refractivity contribution in [2.24, 2.45) is 5.41 Å². The molecule has 1 atom stereocenters. The van der Waals surface area contributed by atoms with Crippen LogP contribution in [-0.2, 0) is 0 Å². The quantitative estimate of drug-likeness (QED) is 0.841. The first-order valence-corrected chi connectivity index (χ1v) is 6.26. The molecule has 4 nitrogen and oxygen atoms in total. The number of ether oxygens (including phenoxy) is 2. The number of hydrogen-bond donors (Lipinski definition) is 2. The Morgan fingerprint density at radius 3 is 2.78 bits per heavy atom. The fourth-order valence-electron chi connectivity index (χ4n) is 1.79. The molecule has 1 aromatic carbocycles. The molecule has 0 bridgehead atoms. The van der Waals surface area contributed by atoms with Crippen molar-refractivity contribution in [3.63, 3.8) is 0 Å². The number of rotatable bonds is 5. The van der Waals surface area contributed by atoms with Crippen molar-refractivity contribution in [2.75, 3.05) is 19.9 Å². The maximum atomic E-state index is 9.23. The number of aliphatic hydroxyl groups is 1. The summed E-state index contributed by atoms with van der Waals surface area (Å²) in [4.78, 5) is 0. The average molecular weight is 251 g/mol. The molecule has 2 N–H and O–H groups in total. The first-order chi connectivity index (χ1) is 8.52. The summed E-state index contributed by atoms with van der Waals surface area (Å²) in [7, 11) is 0. The lowest BCUT2D eigenvalue weighted by molar-refractivity contribution is 0.154. The molecule has 0 saturated heterocycles. The molecule has 1 aliphatic rings. The van der Waals surface area contributed by atoms with Gasteiger partial charge in [0.05, 0.1) is 0 Å². The molecule has 18 heavy (non-hydrogen) atoms. The highest BCUT2D eigenvalue weighted by Gasteiger charge is 2.19. The van der Waals surface area contributed by atoms with E-state index in [9.17, 15) is 5.11 Å². The molecule has 0 saturated carbocycles. The van der Waals surface area contributed by atoms with Crippen molar-refractivity contribution in [3.05, 3.63) is 23.8 Å². The van der Waals surface area contributed by atoms with E-state index in [0.29, 0.717) is 6.79 Å². The van der Waals surface area contributed by atoms with Gasteiger partial charge in [0, 0.05) is 24.6 Å². The second kappa shape index (κ2) is 5.16. The van der Waals surface area contributed by atoms with E-state index in [0.717, 1.165) is 23.6 Å². The van der Waals surface area contributed by atoms with E-state index in [1.807, 2.05) is 32.0 Å². The van der Waals surface area contributed by atoms with Gasteiger partial charge in [-0.05, 0) is 24.6 Å². The minimum atomic E-state index is -0.107. The lowest BCUT2D eigenvalue weighted by atomic mass is 9.94. The molecule has 0 aliphatic carbocycles. The van der Waals surface area contributed by atoms with Crippen molar-refractivity contribution in [2.45, 2.75) is 26.8 Å².